The van der Waals surface area contributed by atoms with E-state index < -0.39 is 10.0 Å². The molecule has 0 aliphatic rings. The second-order valence-electron chi connectivity index (χ2n) is 3.69. The summed E-state index contributed by atoms with van der Waals surface area (Å²) in [7, 11) is -3.63. The highest BCUT2D eigenvalue weighted by molar-refractivity contribution is 7.89. The molecule has 0 aromatic carbocycles. The van der Waals surface area contributed by atoms with Crippen molar-refractivity contribution in [3.63, 3.8) is 0 Å². The standard InChI is InChI=1S/C9H12N4O3S2/c1-5-9(6(2)16-13-5)18(14,15)10-4-8-12-11-7(3)17-8/h10H,4H2,1-3H3. The SMILES string of the molecule is Cc1nnc(CNS(=O)(=O)c2c(C)noc2C)s1. The molecule has 0 spiro atoms. The minimum absolute atomic E-state index is 0.0868. The lowest BCUT2D eigenvalue weighted by atomic mass is 10.4. The average Bonchev–Trinajstić information content (AvgIpc) is 2.83. The molecule has 1 N–H and O–H groups in total. The first-order valence-electron chi connectivity index (χ1n) is 5.11. The van der Waals surface area contributed by atoms with Gasteiger partial charge < -0.3 is 4.52 Å². The highest BCUT2D eigenvalue weighted by Crippen LogP contribution is 2.19. The molecular weight excluding hydrogens is 276 g/mol. The monoisotopic (exact) mass is 288 g/mol. The van der Waals surface area contributed by atoms with Crippen LogP contribution in [0.15, 0.2) is 9.42 Å². The van der Waals surface area contributed by atoms with E-state index in [1.165, 1.54) is 11.3 Å². The largest absolute Gasteiger partial charge is 0.360 e. The number of aryl methyl sites for hydroxylation is 3. The van der Waals surface area contributed by atoms with Gasteiger partial charge in [0.2, 0.25) is 10.0 Å². The fourth-order valence-corrected chi connectivity index (χ4v) is 3.55. The first-order valence-corrected chi connectivity index (χ1v) is 7.41. The fraction of sp³-hybridized carbons (Fsp3) is 0.444. The molecule has 0 atom stereocenters. The number of rotatable bonds is 4. The molecule has 0 radical (unpaired) electrons. The van der Waals surface area contributed by atoms with Gasteiger partial charge in [-0.3, -0.25) is 0 Å². The summed E-state index contributed by atoms with van der Waals surface area (Å²) in [4.78, 5) is 0.0868. The van der Waals surface area contributed by atoms with Gasteiger partial charge in [0.1, 0.15) is 20.6 Å². The summed E-state index contributed by atoms with van der Waals surface area (Å²) in [6.45, 7) is 5.06. The third-order valence-corrected chi connectivity index (χ3v) is 4.70. The summed E-state index contributed by atoms with van der Waals surface area (Å²) in [6.07, 6.45) is 0. The highest BCUT2D eigenvalue weighted by atomic mass is 32.2. The quantitative estimate of drug-likeness (QED) is 0.898. The normalized spacial score (nSPS) is 11.9. The van der Waals surface area contributed by atoms with E-state index in [4.69, 9.17) is 4.52 Å². The topological polar surface area (TPSA) is 98.0 Å². The molecule has 0 saturated heterocycles. The van der Waals surface area contributed by atoms with Gasteiger partial charge >= 0.3 is 0 Å². The third-order valence-electron chi connectivity index (χ3n) is 2.22. The zero-order chi connectivity index (χ0) is 13.3. The van der Waals surface area contributed by atoms with Crippen LogP contribution in [0.1, 0.15) is 21.5 Å². The van der Waals surface area contributed by atoms with E-state index in [2.05, 4.69) is 20.1 Å². The van der Waals surface area contributed by atoms with Crippen LogP contribution in [0.5, 0.6) is 0 Å². The van der Waals surface area contributed by atoms with Crippen LogP contribution in [0.4, 0.5) is 0 Å². The number of aromatic nitrogens is 3. The maximum atomic E-state index is 12.1. The molecule has 98 valence electrons. The van der Waals surface area contributed by atoms with E-state index in [1.54, 1.807) is 13.8 Å². The fourth-order valence-electron chi connectivity index (χ4n) is 1.50. The molecule has 9 heteroatoms. The number of hydrogen-bond donors (Lipinski definition) is 1. The Hall–Kier alpha value is -1.32. The van der Waals surface area contributed by atoms with Crippen LogP contribution in [0.25, 0.3) is 0 Å². The smallest absolute Gasteiger partial charge is 0.246 e. The van der Waals surface area contributed by atoms with Crippen LogP contribution in [0.3, 0.4) is 0 Å². The lowest BCUT2D eigenvalue weighted by Crippen LogP contribution is -2.24. The van der Waals surface area contributed by atoms with Gasteiger partial charge in [0.25, 0.3) is 0 Å². The van der Waals surface area contributed by atoms with Crippen molar-refractivity contribution in [3.8, 4) is 0 Å². The first-order chi connectivity index (χ1) is 8.40. The maximum Gasteiger partial charge on any atom is 0.246 e. The molecule has 2 rings (SSSR count). The van der Waals surface area contributed by atoms with E-state index in [9.17, 15) is 8.42 Å². The van der Waals surface area contributed by atoms with Crippen molar-refractivity contribution in [1.82, 2.24) is 20.1 Å². The van der Waals surface area contributed by atoms with Crippen molar-refractivity contribution in [1.29, 1.82) is 0 Å². The minimum atomic E-state index is -3.63. The zero-order valence-corrected chi connectivity index (χ0v) is 11.7. The lowest BCUT2D eigenvalue weighted by Gasteiger charge is -2.03. The highest BCUT2D eigenvalue weighted by Gasteiger charge is 2.24. The van der Waals surface area contributed by atoms with Crippen LogP contribution >= 0.6 is 11.3 Å². The third kappa shape index (κ3) is 2.57. The van der Waals surface area contributed by atoms with Crippen LogP contribution in [-0.2, 0) is 16.6 Å². The van der Waals surface area contributed by atoms with Crippen LogP contribution < -0.4 is 4.72 Å². The molecule has 0 aliphatic carbocycles. The lowest BCUT2D eigenvalue weighted by molar-refractivity contribution is 0.390. The number of hydrogen-bond acceptors (Lipinski definition) is 7. The van der Waals surface area contributed by atoms with Crippen molar-refractivity contribution in [3.05, 3.63) is 21.5 Å². The van der Waals surface area contributed by atoms with E-state index in [0.717, 1.165) is 5.01 Å². The summed E-state index contributed by atoms with van der Waals surface area (Å²) < 4.78 is 31.4. The molecule has 18 heavy (non-hydrogen) atoms. The molecule has 2 heterocycles. The van der Waals surface area contributed by atoms with Crippen molar-refractivity contribution in [2.24, 2.45) is 0 Å². The van der Waals surface area contributed by atoms with E-state index in [1.807, 2.05) is 6.92 Å². The van der Waals surface area contributed by atoms with Gasteiger partial charge in [0, 0.05) is 0 Å². The summed E-state index contributed by atoms with van der Waals surface area (Å²) in [6, 6.07) is 0. The number of nitrogens with zero attached hydrogens (tertiary/aromatic N) is 3. The molecule has 7 nitrogen and oxygen atoms in total. The van der Waals surface area contributed by atoms with Crippen molar-refractivity contribution in [2.45, 2.75) is 32.2 Å². The Labute approximate surface area is 108 Å². The second kappa shape index (κ2) is 4.75. The van der Waals surface area contributed by atoms with Crippen LogP contribution in [0, 0.1) is 20.8 Å². The van der Waals surface area contributed by atoms with Gasteiger partial charge in [-0.2, -0.15) is 0 Å². The van der Waals surface area contributed by atoms with Gasteiger partial charge in [0.15, 0.2) is 5.76 Å². The Kier molecular flexibility index (Phi) is 3.46. The molecule has 0 amide bonds. The Morgan fingerprint density at radius 2 is 2.00 bits per heavy atom. The van der Waals surface area contributed by atoms with E-state index in [-0.39, 0.29) is 17.2 Å². The zero-order valence-electron chi connectivity index (χ0n) is 10.1. The molecule has 0 unspecified atom stereocenters. The van der Waals surface area contributed by atoms with Gasteiger partial charge in [-0.05, 0) is 20.8 Å². The summed E-state index contributed by atoms with van der Waals surface area (Å²) >= 11 is 1.35. The molecule has 2 aromatic heterocycles. The van der Waals surface area contributed by atoms with Gasteiger partial charge in [-0.25, -0.2) is 13.1 Å². The molecular formula is C9H12N4O3S2. The van der Waals surface area contributed by atoms with Gasteiger partial charge in [0.05, 0.1) is 6.54 Å². The van der Waals surface area contributed by atoms with Crippen LogP contribution in [0.2, 0.25) is 0 Å². The summed E-state index contributed by atoms with van der Waals surface area (Å²) in [5, 5.41) is 12.7. The van der Waals surface area contributed by atoms with E-state index in [0.29, 0.717) is 10.7 Å². The number of sulfonamides is 1. The average molecular weight is 288 g/mol. The molecule has 0 saturated carbocycles. The molecule has 0 fully saturated rings. The Morgan fingerprint density at radius 3 is 2.50 bits per heavy atom. The Bertz CT molecular complexity index is 640. The van der Waals surface area contributed by atoms with Gasteiger partial charge in [-0.15, -0.1) is 21.5 Å². The Morgan fingerprint density at radius 1 is 1.28 bits per heavy atom. The summed E-state index contributed by atoms with van der Waals surface area (Å²) in [5.74, 6) is 0.272. The predicted molar refractivity (Wildman–Crippen MR) is 64.6 cm³/mol. The maximum absolute atomic E-state index is 12.1. The van der Waals surface area contributed by atoms with Gasteiger partial charge in [-0.1, -0.05) is 5.16 Å². The van der Waals surface area contributed by atoms with Crippen molar-refractivity contribution >= 4 is 21.4 Å². The number of nitrogens with one attached hydrogen (secondary N) is 1. The summed E-state index contributed by atoms with van der Waals surface area (Å²) in [5.41, 5.74) is 0.341. The predicted octanol–water partition coefficient (Wildman–Crippen LogP) is 0.930. The Balaban J connectivity index is 2.18. The van der Waals surface area contributed by atoms with Crippen molar-refractivity contribution < 1.29 is 12.9 Å². The molecule has 0 aliphatic heterocycles. The van der Waals surface area contributed by atoms with E-state index >= 15 is 0 Å². The minimum Gasteiger partial charge on any atom is -0.360 e. The first kappa shape index (κ1) is 13.1. The van der Waals surface area contributed by atoms with Crippen molar-refractivity contribution in [2.75, 3.05) is 0 Å². The molecule has 0 bridgehead atoms. The van der Waals surface area contributed by atoms with Crippen LogP contribution in [-0.4, -0.2) is 23.8 Å². The second-order valence-corrected chi connectivity index (χ2v) is 6.66. The molecule has 2 aromatic rings.